The van der Waals surface area contributed by atoms with Gasteiger partial charge in [-0.15, -0.1) is 0 Å². The van der Waals surface area contributed by atoms with Crippen molar-refractivity contribution in [3.05, 3.63) is 24.2 Å². The van der Waals surface area contributed by atoms with Crippen molar-refractivity contribution in [2.75, 3.05) is 45.8 Å². The molecule has 0 radical (unpaired) electrons. The molecule has 1 unspecified atom stereocenters. The predicted octanol–water partition coefficient (Wildman–Crippen LogP) is 1.54. The third-order valence-electron chi connectivity index (χ3n) is 4.37. The highest BCUT2D eigenvalue weighted by Gasteiger charge is 2.41. The van der Waals surface area contributed by atoms with Crippen molar-refractivity contribution in [1.29, 1.82) is 0 Å². The van der Waals surface area contributed by atoms with Gasteiger partial charge in [-0.05, 0) is 26.0 Å². The first-order chi connectivity index (χ1) is 12.8. The highest BCUT2D eigenvalue weighted by atomic mass is 19.4. The van der Waals surface area contributed by atoms with Crippen molar-refractivity contribution >= 4 is 11.9 Å². The number of rotatable bonds is 6. The summed E-state index contributed by atoms with van der Waals surface area (Å²) >= 11 is 0. The Kier molecular flexibility index (Phi) is 7.52. The van der Waals surface area contributed by atoms with Crippen LogP contribution in [0.1, 0.15) is 24.4 Å². The molecule has 2 rings (SSSR count). The molecule has 1 fully saturated rings. The zero-order chi connectivity index (χ0) is 19.9. The average molecular weight is 389 g/mol. The van der Waals surface area contributed by atoms with Crippen molar-refractivity contribution in [2.45, 2.75) is 26.1 Å². The summed E-state index contributed by atoms with van der Waals surface area (Å²) in [5.41, 5.74) is 0. The quantitative estimate of drug-likeness (QED) is 0.439. The normalized spacial score (nSPS) is 17.7. The van der Waals surface area contributed by atoms with Gasteiger partial charge in [-0.3, -0.25) is 14.7 Å². The zero-order valence-corrected chi connectivity index (χ0v) is 15.6. The van der Waals surface area contributed by atoms with Gasteiger partial charge in [0.1, 0.15) is 6.04 Å². The lowest BCUT2D eigenvalue weighted by atomic mass is 10.2. The molecule has 2 heterocycles. The van der Waals surface area contributed by atoms with Gasteiger partial charge in [0, 0.05) is 39.3 Å². The molecule has 152 valence electrons. The van der Waals surface area contributed by atoms with Gasteiger partial charge in [0.05, 0.1) is 12.8 Å². The highest BCUT2D eigenvalue weighted by molar-refractivity contribution is 5.91. The summed E-state index contributed by atoms with van der Waals surface area (Å²) in [6, 6.07) is 1.76. The lowest BCUT2D eigenvalue weighted by Gasteiger charge is -2.39. The van der Waals surface area contributed by atoms with Gasteiger partial charge >= 0.3 is 6.18 Å². The molecular formula is C17H26F3N5O2. The van der Waals surface area contributed by atoms with Gasteiger partial charge in [-0.25, -0.2) is 0 Å². The van der Waals surface area contributed by atoms with E-state index in [4.69, 9.17) is 4.42 Å². The first-order valence-electron chi connectivity index (χ1n) is 8.98. The summed E-state index contributed by atoms with van der Waals surface area (Å²) in [5.74, 6) is 0.569. The molecule has 27 heavy (non-hydrogen) atoms. The minimum absolute atomic E-state index is 0.237. The second-order valence-corrected chi connectivity index (χ2v) is 6.21. The van der Waals surface area contributed by atoms with Crippen LogP contribution in [0.5, 0.6) is 0 Å². The summed E-state index contributed by atoms with van der Waals surface area (Å²) in [5, 5.41) is 5.85. The van der Waals surface area contributed by atoms with E-state index in [0.717, 1.165) is 0 Å². The molecule has 0 aromatic carbocycles. The van der Waals surface area contributed by atoms with Crippen LogP contribution < -0.4 is 10.6 Å². The van der Waals surface area contributed by atoms with E-state index in [0.29, 0.717) is 51.8 Å². The Balaban J connectivity index is 1.82. The Hall–Kier alpha value is -2.23. The maximum absolute atomic E-state index is 12.9. The standard InChI is InChI=1S/C17H26F3N5O2/c1-3-21-16(23-7-6-22-15(26)14-5-4-12-27-14)25-10-8-24(9-11-25)13(2)17(18,19)20/h4-5,12-13H,3,6-11H2,1-2H3,(H,21,23)(H,22,26). The molecular weight excluding hydrogens is 363 g/mol. The van der Waals surface area contributed by atoms with Crippen molar-refractivity contribution in [2.24, 2.45) is 4.99 Å². The predicted molar refractivity (Wildman–Crippen MR) is 95.7 cm³/mol. The van der Waals surface area contributed by atoms with Gasteiger partial charge in [0.2, 0.25) is 0 Å². The van der Waals surface area contributed by atoms with Gasteiger partial charge in [0.15, 0.2) is 11.7 Å². The van der Waals surface area contributed by atoms with E-state index in [1.165, 1.54) is 18.1 Å². The number of aliphatic imine (C=N–C) groups is 1. The van der Waals surface area contributed by atoms with Gasteiger partial charge in [-0.2, -0.15) is 13.2 Å². The van der Waals surface area contributed by atoms with Gasteiger partial charge in [0.25, 0.3) is 5.91 Å². The number of nitrogens with zero attached hydrogens (tertiary/aromatic N) is 3. The number of carbonyl (C=O) groups is 1. The van der Waals surface area contributed by atoms with Crippen LogP contribution in [-0.4, -0.2) is 79.7 Å². The van der Waals surface area contributed by atoms with Crippen LogP contribution in [-0.2, 0) is 0 Å². The third kappa shape index (κ3) is 6.16. The summed E-state index contributed by atoms with van der Waals surface area (Å²) in [6.45, 7) is 6.02. The summed E-state index contributed by atoms with van der Waals surface area (Å²) in [7, 11) is 0. The summed E-state index contributed by atoms with van der Waals surface area (Å²) < 4.78 is 43.6. The topological polar surface area (TPSA) is 73.1 Å². The van der Waals surface area contributed by atoms with E-state index < -0.39 is 12.2 Å². The van der Waals surface area contributed by atoms with Gasteiger partial charge in [-0.1, -0.05) is 0 Å². The molecule has 0 bridgehead atoms. The Morgan fingerprint density at radius 2 is 2.00 bits per heavy atom. The molecule has 0 spiro atoms. The van der Waals surface area contributed by atoms with Crippen molar-refractivity contribution in [3.63, 3.8) is 0 Å². The molecule has 1 aliphatic rings. The molecule has 1 saturated heterocycles. The fraction of sp³-hybridized carbons (Fsp3) is 0.647. The SMILES string of the molecule is CCNC(=NCCNC(=O)c1ccco1)N1CCN(C(C)C(F)(F)F)CC1. The number of piperazine rings is 1. The largest absolute Gasteiger partial charge is 0.459 e. The summed E-state index contributed by atoms with van der Waals surface area (Å²) in [4.78, 5) is 19.6. The van der Waals surface area contributed by atoms with Crippen LogP contribution in [0.15, 0.2) is 27.8 Å². The molecule has 10 heteroatoms. The number of alkyl halides is 3. The smallest absolute Gasteiger partial charge is 0.403 e. The van der Waals surface area contributed by atoms with Gasteiger partial charge < -0.3 is 20.0 Å². The lowest BCUT2D eigenvalue weighted by molar-refractivity contribution is -0.181. The van der Waals surface area contributed by atoms with E-state index >= 15 is 0 Å². The minimum atomic E-state index is -4.22. The second-order valence-electron chi connectivity index (χ2n) is 6.21. The van der Waals surface area contributed by atoms with E-state index in [1.54, 1.807) is 12.1 Å². The van der Waals surface area contributed by atoms with E-state index in [9.17, 15) is 18.0 Å². The van der Waals surface area contributed by atoms with Crippen molar-refractivity contribution in [1.82, 2.24) is 20.4 Å². The minimum Gasteiger partial charge on any atom is -0.459 e. The number of furan rings is 1. The highest BCUT2D eigenvalue weighted by Crippen LogP contribution is 2.25. The number of halogens is 3. The average Bonchev–Trinajstić information content (AvgIpc) is 3.18. The molecule has 7 nitrogen and oxygen atoms in total. The van der Waals surface area contributed by atoms with E-state index in [2.05, 4.69) is 15.6 Å². The number of guanidine groups is 1. The first-order valence-corrected chi connectivity index (χ1v) is 8.98. The number of carbonyl (C=O) groups excluding carboxylic acids is 1. The second kappa shape index (κ2) is 9.63. The lowest BCUT2D eigenvalue weighted by Crippen LogP contribution is -2.56. The van der Waals surface area contributed by atoms with Crippen LogP contribution in [0.3, 0.4) is 0 Å². The Morgan fingerprint density at radius 3 is 2.56 bits per heavy atom. The molecule has 1 aromatic heterocycles. The fourth-order valence-corrected chi connectivity index (χ4v) is 2.78. The van der Waals surface area contributed by atoms with Crippen molar-refractivity contribution in [3.8, 4) is 0 Å². The zero-order valence-electron chi connectivity index (χ0n) is 15.6. The fourth-order valence-electron chi connectivity index (χ4n) is 2.78. The number of nitrogens with one attached hydrogen (secondary N) is 2. The monoisotopic (exact) mass is 389 g/mol. The number of hydrogen-bond acceptors (Lipinski definition) is 4. The molecule has 0 aliphatic carbocycles. The Labute approximate surface area is 156 Å². The van der Waals surface area contributed by atoms with Crippen LogP contribution in [0.2, 0.25) is 0 Å². The van der Waals surface area contributed by atoms with Crippen LogP contribution in [0.25, 0.3) is 0 Å². The Bertz CT molecular complexity index is 611. The van der Waals surface area contributed by atoms with E-state index in [-0.39, 0.29) is 11.7 Å². The van der Waals surface area contributed by atoms with E-state index in [1.807, 2.05) is 11.8 Å². The molecule has 1 atom stereocenters. The Morgan fingerprint density at radius 1 is 1.30 bits per heavy atom. The van der Waals surface area contributed by atoms with Crippen molar-refractivity contribution < 1.29 is 22.4 Å². The number of hydrogen-bond donors (Lipinski definition) is 2. The summed E-state index contributed by atoms with van der Waals surface area (Å²) in [6.07, 6.45) is -2.79. The molecule has 1 aliphatic heterocycles. The maximum Gasteiger partial charge on any atom is 0.403 e. The van der Waals surface area contributed by atoms with Crippen LogP contribution in [0, 0.1) is 0 Å². The number of amides is 1. The van der Waals surface area contributed by atoms with Crippen LogP contribution >= 0.6 is 0 Å². The third-order valence-corrected chi connectivity index (χ3v) is 4.37. The molecule has 1 amide bonds. The maximum atomic E-state index is 12.9. The molecule has 1 aromatic rings. The first kappa shape index (κ1) is 21.1. The molecule has 0 saturated carbocycles. The van der Waals surface area contributed by atoms with Crippen LogP contribution in [0.4, 0.5) is 13.2 Å². The molecule has 2 N–H and O–H groups in total.